The lowest BCUT2D eigenvalue weighted by molar-refractivity contribution is -0.116. The van der Waals surface area contributed by atoms with Gasteiger partial charge in [-0.25, -0.2) is 4.98 Å². The second-order valence-electron chi connectivity index (χ2n) is 8.18. The van der Waals surface area contributed by atoms with Crippen molar-refractivity contribution in [1.82, 2.24) is 4.98 Å². The van der Waals surface area contributed by atoms with E-state index >= 15 is 0 Å². The van der Waals surface area contributed by atoms with Crippen LogP contribution >= 0.6 is 0 Å². The fourth-order valence-electron chi connectivity index (χ4n) is 4.52. The number of rotatable bonds is 3. The zero-order chi connectivity index (χ0) is 20.8. The van der Waals surface area contributed by atoms with Gasteiger partial charge in [-0.2, -0.15) is 0 Å². The Kier molecular flexibility index (Phi) is 4.23. The summed E-state index contributed by atoms with van der Waals surface area (Å²) < 4.78 is 12.3. The Balaban J connectivity index is 1.24. The summed E-state index contributed by atoms with van der Waals surface area (Å²) in [6.07, 6.45) is 4.50. The van der Waals surface area contributed by atoms with E-state index in [1.807, 2.05) is 24.3 Å². The van der Waals surface area contributed by atoms with Gasteiger partial charge in [0.25, 0.3) is 0 Å². The molecule has 1 unspecified atom stereocenters. The minimum Gasteiger partial charge on any atom is -0.493 e. The molecule has 3 aliphatic heterocycles. The number of fused-ring (bicyclic) bond motifs is 3. The number of hydrogen-bond donors (Lipinski definition) is 1. The number of para-hydroxylation sites is 1. The van der Waals surface area contributed by atoms with Crippen LogP contribution in [-0.2, 0) is 24.1 Å². The smallest absolute Gasteiger partial charge is 0.225 e. The maximum atomic E-state index is 11.7. The van der Waals surface area contributed by atoms with Gasteiger partial charge in [-0.05, 0) is 54.3 Å². The van der Waals surface area contributed by atoms with Crippen LogP contribution in [0.3, 0.4) is 0 Å². The highest BCUT2D eigenvalue weighted by molar-refractivity contribution is 5.96. The van der Waals surface area contributed by atoms with Gasteiger partial charge in [-0.1, -0.05) is 18.2 Å². The Labute approximate surface area is 180 Å². The van der Waals surface area contributed by atoms with Gasteiger partial charge in [0, 0.05) is 36.2 Å². The van der Waals surface area contributed by atoms with Crippen molar-refractivity contribution in [3.8, 4) is 17.2 Å². The number of pyridine rings is 1. The minimum atomic E-state index is -0.00824. The second-order valence-corrected chi connectivity index (χ2v) is 8.18. The molecule has 0 saturated carbocycles. The summed E-state index contributed by atoms with van der Waals surface area (Å²) >= 11 is 0. The molecule has 1 atom stereocenters. The molecule has 154 valence electrons. The number of nitrogens with zero attached hydrogens (tertiary/aromatic N) is 2. The Morgan fingerprint density at radius 3 is 2.94 bits per heavy atom. The maximum absolute atomic E-state index is 11.7. The molecule has 6 heteroatoms. The molecular weight excluding hydrogens is 390 g/mol. The van der Waals surface area contributed by atoms with Crippen LogP contribution in [0, 0.1) is 5.92 Å². The highest BCUT2D eigenvalue weighted by atomic mass is 16.5. The quantitative estimate of drug-likeness (QED) is 0.682. The van der Waals surface area contributed by atoms with Crippen LogP contribution in [0.2, 0.25) is 0 Å². The predicted molar refractivity (Wildman–Crippen MR) is 118 cm³/mol. The molecule has 3 aromatic rings. The number of nitrogens with one attached hydrogen (secondary N) is 1. The number of aromatic nitrogens is 1. The van der Waals surface area contributed by atoms with Crippen LogP contribution in [0.4, 0.5) is 11.5 Å². The molecule has 0 aliphatic carbocycles. The number of carbonyl (C=O) groups excluding carboxylic acids is 1. The number of hydrogen-bond acceptors (Lipinski definition) is 5. The molecule has 1 N–H and O–H groups in total. The van der Waals surface area contributed by atoms with E-state index in [2.05, 4.69) is 34.6 Å². The van der Waals surface area contributed by atoms with Crippen LogP contribution in [0.5, 0.6) is 17.2 Å². The first-order valence-corrected chi connectivity index (χ1v) is 10.6. The molecule has 1 aromatic heterocycles. The summed E-state index contributed by atoms with van der Waals surface area (Å²) in [6.45, 7) is 0.650. The number of ether oxygens (including phenoxy) is 2. The average Bonchev–Trinajstić information content (AvgIpc) is 3.23. The number of aliphatic imine (C=N–C) groups is 1. The fraction of sp³-hybridized carbons (Fsp3) is 0.240. The van der Waals surface area contributed by atoms with Crippen LogP contribution in [0.1, 0.15) is 23.1 Å². The molecule has 3 aliphatic rings. The van der Waals surface area contributed by atoms with Crippen molar-refractivity contribution in [3.63, 3.8) is 0 Å². The van der Waals surface area contributed by atoms with E-state index in [9.17, 15) is 4.79 Å². The summed E-state index contributed by atoms with van der Waals surface area (Å²) in [5, 5.41) is 2.82. The van der Waals surface area contributed by atoms with Gasteiger partial charge in [-0.15, -0.1) is 0 Å². The fourth-order valence-corrected chi connectivity index (χ4v) is 4.52. The van der Waals surface area contributed by atoms with Gasteiger partial charge in [-0.3, -0.25) is 9.79 Å². The lowest BCUT2D eigenvalue weighted by Gasteiger charge is -2.26. The zero-order valence-electron chi connectivity index (χ0n) is 16.9. The monoisotopic (exact) mass is 411 g/mol. The molecule has 0 saturated heterocycles. The molecule has 1 amide bonds. The largest absolute Gasteiger partial charge is 0.493 e. The molecule has 0 spiro atoms. The van der Waals surface area contributed by atoms with Gasteiger partial charge in [0.1, 0.15) is 23.1 Å². The van der Waals surface area contributed by atoms with Crippen molar-refractivity contribution in [2.45, 2.75) is 25.7 Å². The standard InChI is InChI=1S/C25H21N3O3/c29-24-8-6-19-23(9-10-26-25(19)28-24)31-18-5-7-22-16(12-18)11-17(14-30-22)21-13-15-3-1-2-4-20(15)27-21/h1-5,7,9-10,12,17H,6,8,11,13-14H2,(H,26,28,29). The summed E-state index contributed by atoms with van der Waals surface area (Å²) in [7, 11) is 0. The number of amides is 1. The molecule has 4 heterocycles. The Morgan fingerprint density at radius 1 is 1.06 bits per heavy atom. The lowest BCUT2D eigenvalue weighted by Crippen LogP contribution is -2.28. The summed E-state index contributed by atoms with van der Waals surface area (Å²) in [5.74, 6) is 3.24. The van der Waals surface area contributed by atoms with E-state index in [0.717, 1.165) is 46.9 Å². The third-order valence-electron chi connectivity index (χ3n) is 6.14. The Bertz CT molecular complexity index is 1230. The SMILES string of the molecule is O=C1CCc2c(Oc3ccc4c(c3)CC(C3=Nc5ccccc5C3)CO4)ccnc2N1. The molecule has 31 heavy (non-hydrogen) atoms. The van der Waals surface area contributed by atoms with Gasteiger partial charge in [0.15, 0.2) is 0 Å². The van der Waals surface area contributed by atoms with Crippen molar-refractivity contribution in [3.05, 3.63) is 71.4 Å². The van der Waals surface area contributed by atoms with Crippen molar-refractivity contribution in [2.24, 2.45) is 10.9 Å². The topological polar surface area (TPSA) is 72.8 Å². The van der Waals surface area contributed by atoms with E-state index < -0.39 is 0 Å². The third-order valence-corrected chi connectivity index (χ3v) is 6.14. The van der Waals surface area contributed by atoms with Crippen LogP contribution in [0.25, 0.3) is 0 Å². The van der Waals surface area contributed by atoms with E-state index in [1.165, 1.54) is 11.3 Å². The summed E-state index contributed by atoms with van der Waals surface area (Å²) in [4.78, 5) is 20.8. The highest BCUT2D eigenvalue weighted by Gasteiger charge is 2.28. The molecular formula is C25H21N3O3. The normalized spacial score (nSPS) is 18.8. The van der Waals surface area contributed by atoms with Crippen molar-refractivity contribution < 1.29 is 14.3 Å². The van der Waals surface area contributed by atoms with Gasteiger partial charge in [0.2, 0.25) is 5.91 Å². The number of carbonyl (C=O) groups is 1. The maximum Gasteiger partial charge on any atom is 0.225 e. The number of anilines is 1. The van der Waals surface area contributed by atoms with E-state index in [0.29, 0.717) is 25.3 Å². The second kappa shape index (κ2) is 7.23. The zero-order valence-corrected chi connectivity index (χ0v) is 16.9. The molecule has 0 radical (unpaired) electrons. The molecule has 0 bridgehead atoms. The average molecular weight is 411 g/mol. The first-order valence-electron chi connectivity index (χ1n) is 10.6. The minimum absolute atomic E-state index is 0.00824. The summed E-state index contributed by atoms with van der Waals surface area (Å²) in [6, 6.07) is 16.1. The predicted octanol–water partition coefficient (Wildman–Crippen LogP) is 4.64. The van der Waals surface area contributed by atoms with Crippen molar-refractivity contribution >= 4 is 23.1 Å². The number of benzene rings is 2. The van der Waals surface area contributed by atoms with Crippen LogP contribution in [-0.4, -0.2) is 23.2 Å². The molecule has 6 nitrogen and oxygen atoms in total. The van der Waals surface area contributed by atoms with E-state index in [-0.39, 0.29) is 11.8 Å². The van der Waals surface area contributed by atoms with Gasteiger partial charge >= 0.3 is 0 Å². The van der Waals surface area contributed by atoms with E-state index in [4.69, 9.17) is 14.5 Å². The Morgan fingerprint density at radius 2 is 2.00 bits per heavy atom. The molecule has 0 fully saturated rings. The first kappa shape index (κ1) is 18.1. The van der Waals surface area contributed by atoms with Gasteiger partial charge < -0.3 is 14.8 Å². The van der Waals surface area contributed by atoms with Gasteiger partial charge in [0.05, 0.1) is 12.3 Å². The van der Waals surface area contributed by atoms with Crippen molar-refractivity contribution in [2.75, 3.05) is 11.9 Å². The van der Waals surface area contributed by atoms with E-state index in [1.54, 1.807) is 6.20 Å². The summed E-state index contributed by atoms with van der Waals surface area (Å²) in [5.41, 5.74) is 5.62. The Hall–Kier alpha value is -3.67. The van der Waals surface area contributed by atoms with Crippen LogP contribution in [0.15, 0.2) is 59.7 Å². The van der Waals surface area contributed by atoms with Crippen LogP contribution < -0.4 is 14.8 Å². The molecule has 6 rings (SSSR count). The first-order chi connectivity index (χ1) is 15.2. The lowest BCUT2D eigenvalue weighted by atomic mass is 9.90. The molecule has 2 aromatic carbocycles. The third kappa shape index (κ3) is 3.34. The van der Waals surface area contributed by atoms with Crippen molar-refractivity contribution in [1.29, 1.82) is 0 Å². The highest BCUT2D eigenvalue weighted by Crippen LogP contribution is 2.37.